The Morgan fingerprint density at radius 2 is 2.12 bits per heavy atom. The summed E-state index contributed by atoms with van der Waals surface area (Å²) in [4.78, 5) is 20.3. The Kier molecular flexibility index (Phi) is 6.43. The number of anilines is 1. The first kappa shape index (κ1) is 18.8. The summed E-state index contributed by atoms with van der Waals surface area (Å²) in [5.74, 6) is -0.579. The van der Waals surface area contributed by atoms with E-state index >= 15 is 0 Å². The minimum atomic E-state index is -3.65. The molecule has 0 atom stereocenters. The molecule has 1 N–H and O–H groups in total. The third-order valence-electron chi connectivity index (χ3n) is 2.91. The smallest absolute Gasteiger partial charge is 0.221 e. The summed E-state index contributed by atoms with van der Waals surface area (Å²) >= 11 is 1.27. The zero-order chi connectivity index (χ0) is 18.3. The van der Waals surface area contributed by atoms with Crippen molar-refractivity contribution in [2.45, 2.75) is 11.8 Å². The third kappa shape index (κ3) is 5.50. The van der Waals surface area contributed by atoms with Crippen molar-refractivity contribution >= 4 is 38.5 Å². The molecule has 0 aliphatic heterocycles. The van der Waals surface area contributed by atoms with Gasteiger partial charge >= 0.3 is 0 Å². The SMILES string of the molecule is C=CCO/N=C(/CS(=O)(=O)c1ccc(NC(C)=O)cc1)c1nccs1. The van der Waals surface area contributed by atoms with Gasteiger partial charge in [-0.15, -0.1) is 11.3 Å². The van der Waals surface area contributed by atoms with Crippen LogP contribution in [0.15, 0.2) is 58.5 Å². The summed E-state index contributed by atoms with van der Waals surface area (Å²) < 4.78 is 25.3. The van der Waals surface area contributed by atoms with Crippen molar-refractivity contribution in [3.05, 3.63) is 53.5 Å². The van der Waals surface area contributed by atoms with E-state index in [2.05, 4.69) is 22.0 Å². The van der Waals surface area contributed by atoms with Gasteiger partial charge in [-0.2, -0.15) is 0 Å². The van der Waals surface area contributed by atoms with E-state index in [0.717, 1.165) is 0 Å². The standard InChI is InChI=1S/C16H17N3O4S2/c1-3-9-23-19-15(16-17-8-10-24-16)11-25(21,22)14-6-4-13(5-7-14)18-12(2)20/h3-8,10H,1,9,11H2,2H3,(H,18,20)/b19-15-. The van der Waals surface area contributed by atoms with E-state index in [1.165, 1.54) is 48.6 Å². The van der Waals surface area contributed by atoms with E-state index in [-0.39, 0.29) is 28.9 Å². The highest BCUT2D eigenvalue weighted by Crippen LogP contribution is 2.18. The molecule has 1 aromatic heterocycles. The zero-order valence-corrected chi connectivity index (χ0v) is 15.1. The van der Waals surface area contributed by atoms with E-state index in [1.807, 2.05) is 0 Å². The highest BCUT2D eigenvalue weighted by molar-refractivity contribution is 7.92. The van der Waals surface area contributed by atoms with E-state index in [4.69, 9.17) is 4.84 Å². The van der Waals surface area contributed by atoms with Crippen molar-refractivity contribution in [2.24, 2.45) is 5.16 Å². The molecule has 7 nitrogen and oxygen atoms in total. The van der Waals surface area contributed by atoms with Gasteiger partial charge in [0, 0.05) is 24.2 Å². The predicted molar refractivity (Wildman–Crippen MR) is 97.6 cm³/mol. The van der Waals surface area contributed by atoms with Crippen LogP contribution >= 0.6 is 11.3 Å². The van der Waals surface area contributed by atoms with Crippen molar-refractivity contribution in [3.8, 4) is 0 Å². The number of oxime groups is 1. The number of carbonyl (C=O) groups excluding carboxylic acids is 1. The lowest BCUT2D eigenvalue weighted by Gasteiger charge is -2.07. The average molecular weight is 379 g/mol. The predicted octanol–water partition coefficient (Wildman–Crippen LogP) is 2.48. The molecule has 0 aliphatic carbocycles. The fourth-order valence-electron chi connectivity index (χ4n) is 1.87. The second-order valence-corrected chi connectivity index (χ2v) is 7.81. The van der Waals surface area contributed by atoms with Crippen LogP contribution in [0.3, 0.4) is 0 Å². The number of nitrogens with zero attached hydrogens (tertiary/aromatic N) is 2. The Morgan fingerprint density at radius 3 is 2.68 bits per heavy atom. The second kappa shape index (κ2) is 8.54. The zero-order valence-electron chi connectivity index (χ0n) is 13.5. The molecule has 25 heavy (non-hydrogen) atoms. The number of hydrogen-bond acceptors (Lipinski definition) is 7. The summed E-state index contributed by atoms with van der Waals surface area (Å²) in [5.41, 5.74) is 0.748. The summed E-state index contributed by atoms with van der Waals surface area (Å²) in [6.07, 6.45) is 3.08. The number of benzene rings is 1. The molecule has 1 aromatic carbocycles. The van der Waals surface area contributed by atoms with Gasteiger partial charge in [-0.05, 0) is 24.3 Å². The van der Waals surface area contributed by atoms with Crippen LogP contribution in [0, 0.1) is 0 Å². The molecule has 1 heterocycles. The van der Waals surface area contributed by atoms with Gasteiger partial charge in [-0.1, -0.05) is 17.8 Å². The molecule has 0 bridgehead atoms. The first-order valence-electron chi connectivity index (χ1n) is 7.22. The normalized spacial score (nSPS) is 11.8. The van der Waals surface area contributed by atoms with Crippen LogP contribution in [0.4, 0.5) is 5.69 Å². The van der Waals surface area contributed by atoms with Crippen LogP contribution in [0.25, 0.3) is 0 Å². The molecule has 9 heteroatoms. The van der Waals surface area contributed by atoms with E-state index in [0.29, 0.717) is 10.7 Å². The van der Waals surface area contributed by atoms with Crippen LogP contribution in [-0.4, -0.2) is 37.4 Å². The number of carbonyl (C=O) groups is 1. The summed E-state index contributed by atoms with van der Waals surface area (Å²) in [7, 11) is -3.65. The van der Waals surface area contributed by atoms with Crippen molar-refractivity contribution < 1.29 is 18.0 Å². The van der Waals surface area contributed by atoms with Gasteiger partial charge < -0.3 is 10.2 Å². The van der Waals surface area contributed by atoms with E-state index < -0.39 is 9.84 Å². The number of sulfone groups is 1. The number of aromatic nitrogens is 1. The van der Waals surface area contributed by atoms with Crippen LogP contribution in [0.1, 0.15) is 11.9 Å². The van der Waals surface area contributed by atoms with Crippen molar-refractivity contribution in [2.75, 3.05) is 17.7 Å². The number of thiazole rings is 1. The maximum Gasteiger partial charge on any atom is 0.221 e. The first-order valence-corrected chi connectivity index (χ1v) is 9.75. The Bertz CT molecular complexity index is 857. The minimum absolute atomic E-state index is 0.120. The Labute approximate surface area is 150 Å². The average Bonchev–Trinajstić information content (AvgIpc) is 3.08. The number of amides is 1. The fraction of sp³-hybridized carbons (Fsp3) is 0.188. The number of nitrogens with one attached hydrogen (secondary N) is 1. The Balaban J connectivity index is 2.23. The highest BCUT2D eigenvalue weighted by atomic mass is 32.2. The molecule has 132 valence electrons. The lowest BCUT2D eigenvalue weighted by atomic mass is 10.3. The van der Waals surface area contributed by atoms with Crippen LogP contribution in [0.5, 0.6) is 0 Å². The minimum Gasteiger partial charge on any atom is -0.391 e. The van der Waals surface area contributed by atoms with Gasteiger partial charge in [0.1, 0.15) is 23.1 Å². The lowest BCUT2D eigenvalue weighted by Crippen LogP contribution is -2.18. The molecular weight excluding hydrogens is 362 g/mol. The monoisotopic (exact) mass is 379 g/mol. The molecule has 0 radical (unpaired) electrons. The topological polar surface area (TPSA) is 97.7 Å². The van der Waals surface area contributed by atoms with Gasteiger partial charge in [-0.3, -0.25) is 4.79 Å². The van der Waals surface area contributed by atoms with Crippen LogP contribution < -0.4 is 5.32 Å². The quantitative estimate of drug-likeness (QED) is 0.329. The number of rotatable bonds is 8. The molecule has 0 saturated carbocycles. The highest BCUT2D eigenvalue weighted by Gasteiger charge is 2.21. The summed E-state index contributed by atoms with van der Waals surface area (Å²) in [6, 6.07) is 5.93. The summed E-state index contributed by atoms with van der Waals surface area (Å²) in [5, 5.41) is 8.67. The molecule has 1 amide bonds. The Hall–Kier alpha value is -2.52. The molecule has 2 aromatic rings. The van der Waals surface area contributed by atoms with E-state index in [9.17, 15) is 13.2 Å². The van der Waals surface area contributed by atoms with Crippen molar-refractivity contribution in [1.82, 2.24) is 4.98 Å². The first-order chi connectivity index (χ1) is 11.9. The van der Waals surface area contributed by atoms with Crippen molar-refractivity contribution in [3.63, 3.8) is 0 Å². The third-order valence-corrected chi connectivity index (χ3v) is 5.37. The van der Waals surface area contributed by atoms with Crippen LogP contribution in [-0.2, 0) is 19.5 Å². The molecule has 0 fully saturated rings. The van der Waals surface area contributed by atoms with Gasteiger partial charge in [-0.25, -0.2) is 13.4 Å². The molecule has 2 rings (SSSR count). The Morgan fingerprint density at radius 1 is 1.40 bits per heavy atom. The molecule has 0 unspecified atom stereocenters. The number of hydrogen-bond donors (Lipinski definition) is 1. The van der Waals surface area contributed by atoms with E-state index in [1.54, 1.807) is 11.6 Å². The second-order valence-electron chi connectivity index (χ2n) is 4.92. The fourth-order valence-corrected chi connectivity index (χ4v) is 3.85. The summed E-state index contributed by atoms with van der Waals surface area (Å²) in [6.45, 7) is 5.06. The van der Waals surface area contributed by atoms with Gasteiger partial charge in [0.2, 0.25) is 5.91 Å². The molecular formula is C16H17N3O4S2. The molecule has 0 spiro atoms. The lowest BCUT2D eigenvalue weighted by molar-refractivity contribution is -0.114. The molecule has 0 aliphatic rings. The maximum atomic E-state index is 12.6. The van der Waals surface area contributed by atoms with Gasteiger partial charge in [0.15, 0.2) is 9.84 Å². The van der Waals surface area contributed by atoms with Crippen LogP contribution in [0.2, 0.25) is 0 Å². The maximum absolute atomic E-state index is 12.6. The van der Waals surface area contributed by atoms with Gasteiger partial charge in [0.25, 0.3) is 0 Å². The van der Waals surface area contributed by atoms with Crippen molar-refractivity contribution in [1.29, 1.82) is 0 Å². The van der Waals surface area contributed by atoms with Gasteiger partial charge in [0.05, 0.1) is 4.90 Å². The molecule has 0 saturated heterocycles. The largest absolute Gasteiger partial charge is 0.391 e.